The third kappa shape index (κ3) is 5.45. The third-order valence-electron chi connectivity index (χ3n) is 5.81. The fourth-order valence-electron chi connectivity index (χ4n) is 4.10. The van der Waals surface area contributed by atoms with Crippen molar-refractivity contribution in [3.05, 3.63) is 29.8 Å². The summed E-state index contributed by atoms with van der Waals surface area (Å²) in [6, 6.07) is 8.25. The van der Waals surface area contributed by atoms with Gasteiger partial charge in [-0.2, -0.15) is 0 Å². The highest BCUT2D eigenvalue weighted by molar-refractivity contribution is 5.79. The highest BCUT2D eigenvalue weighted by Crippen LogP contribution is 2.29. The van der Waals surface area contributed by atoms with Crippen LogP contribution in [-0.4, -0.2) is 48.8 Å². The molecule has 1 heterocycles. The number of rotatable bonds is 6. The first kappa shape index (κ1) is 20.2. The van der Waals surface area contributed by atoms with Crippen LogP contribution in [0.4, 0.5) is 0 Å². The average Bonchev–Trinajstić information content (AvgIpc) is 2.69. The quantitative estimate of drug-likeness (QED) is 0.830. The van der Waals surface area contributed by atoms with Crippen molar-refractivity contribution in [1.82, 2.24) is 4.90 Å². The topological polar surface area (TPSA) is 64.8 Å². The predicted octanol–water partition coefficient (Wildman–Crippen LogP) is 3.29. The number of likely N-dealkylation sites (tertiary alicyclic amines) is 1. The van der Waals surface area contributed by atoms with Crippen LogP contribution in [0.25, 0.3) is 0 Å². The summed E-state index contributed by atoms with van der Waals surface area (Å²) < 4.78 is 12.0. The Labute approximate surface area is 163 Å². The molecule has 1 amide bonds. The Hall–Kier alpha value is -1.59. The molecule has 1 saturated carbocycles. The van der Waals surface area contributed by atoms with E-state index in [1.54, 1.807) is 0 Å². The normalized spacial score (nSPS) is 26.8. The number of nitrogens with two attached hydrogens (primary N) is 1. The van der Waals surface area contributed by atoms with Gasteiger partial charge in [-0.05, 0) is 44.7 Å². The number of benzene rings is 1. The van der Waals surface area contributed by atoms with E-state index in [4.69, 9.17) is 15.2 Å². The van der Waals surface area contributed by atoms with Crippen LogP contribution in [0.3, 0.4) is 0 Å². The number of carbonyl (C=O) groups excluding carboxylic acids is 1. The number of ether oxygens (including phenoxy) is 2. The van der Waals surface area contributed by atoms with Crippen molar-refractivity contribution >= 4 is 5.91 Å². The molecule has 1 saturated heterocycles. The molecule has 2 N–H and O–H groups in total. The molecular formula is C22H34N2O3. The number of aryl methyl sites for hydroxylation is 1. The summed E-state index contributed by atoms with van der Waals surface area (Å²) in [5.74, 6) is 1.25. The van der Waals surface area contributed by atoms with Gasteiger partial charge in [0.05, 0.1) is 6.10 Å². The van der Waals surface area contributed by atoms with Gasteiger partial charge in [0.15, 0.2) is 0 Å². The maximum absolute atomic E-state index is 13.0. The van der Waals surface area contributed by atoms with Crippen LogP contribution >= 0.6 is 0 Å². The van der Waals surface area contributed by atoms with Gasteiger partial charge in [0, 0.05) is 44.5 Å². The van der Waals surface area contributed by atoms with Gasteiger partial charge in [-0.15, -0.1) is 0 Å². The first-order chi connectivity index (χ1) is 13.1. The lowest BCUT2D eigenvalue weighted by molar-refractivity contribution is -0.140. The molecule has 0 bridgehead atoms. The summed E-state index contributed by atoms with van der Waals surface area (Å²) >= 11 is 0. The van der Waals surface area contributed by atoms with Crippen molar-refractivity contribution in [3.8, 4) is 5.75 Å². The zero-order chi connectivity index (χ0) is 19.2. The SMILES string of the molecule is CCCO[C@@H]1C[C@@H](C(=O)N2CCC(Oc3ccc(C)cc3)CC2)CC[C@H]1N. The molecule has 1 aliphatic carbocycles. The number of carbonyl (C=O) groups is 1. The Morgan fingerprint density at radius 3 is 2.52 bits per heavy atom. The zero-order valence-electron chi connectivity index (χ0n) is 16.7. The number of hydrogen-bond acceptors (Lipinski definition) is 4. The second kappa shape index (κ2) is 9.56. The Morgan fingerprint density at radius 1 is 1.15 bits per heavy atom. The summed E-state index contributed by atoms with van der Waals surface area (Å²) in [4.78, 5) is 15.0. The molecule has 3 atom stereocenters. The lowest BCUT2D eigenvalue weighted by Crippen LogP contribution is -2.49. The fourth-order valence-corrected chi connectivity index (χ4v) is 4.10. The first-order valence-electron chi connectivity index (χ1n) is 10.5. The minimum absolute atomic E-state index is 0.0232. The standard InChI is InChI=1S/C22H34N2O3/c1-3-14-26-21-15-17(6-9-20(21)23)22(25)24-12-10-19(11-13-24)27-18-7-4-16(2)5-8-18/h4-5,7-8,17,19-21H,3,6,9-15,23H2,1-2H3/t17-,20+,21+/m0/s1. The van der Waals surface area contributed by atoms with E-state index in [0.717, 1.165) is 64.0 Å². The average molecular weight is 375 g/mol. The van der Waals surface area contributed by atoms with Crippen LogP contribution in [0.1, 0.15) is 51.0 Å². The molecule has 0 spiro atoms. The summed E-state index contributed by atoms with van der Waals surface area (Å²) in [5, 5.41) is 0. The van der Waals surface area contributed by atoms with Gasteiger partial charge in [0.1, 0.15) is 11.9 Å². The van der Waals surface area contributed by atoms with Gasteiger partial charge in [-0.3, -0.25) is 4.79 Å². The first-order valence-corrected chi connectivity index (χ1v) is 10.5. The molecule has 1 aromatic rings. The summed E-state index contributed by atoms with van der Waals surface area (Å²) in [6.07, 6.45) is 5.50. The fraction of sp³-hybridized carbons (Fsp3) is 0.682. The minimum atomic E-state index is 0.0232. The van der Waals surface area contributed by atoms with Crippen molar-refractivity contribution in [1.29, 1.82) is 0 Å². The second-order valence-electron chi connectivity index (χ2n) is 8.04. The molecular weight excluding hydrogens is 340 g/mol. The van der Waals surface area contributed by atoms with E-state index in [1.807, 2.05) is 17.0 Å². The molecule has 27 heavy (non-hydrogen) atoms. The van der Waals surface area contributed by atoms with Crippen molar-refractivity contribution in [2.75, 3.05) is 19.7 Å². The highest BCUT2D eigenvalue weighted by atomic mass is 16.5. The zero-order valence-corrected chi connectivity index (χ0v) is 16.7. The van der Waals surface area contributed by atoms with Gasteiger partial charge in [-0.25, -0.2) is 0 Å². The largest absolute Gasteiger partial charge is 0.490 e. The minimum Gasteiger partial charge on any atom is -0.490 e. The summed E-state index contributed by atoms with van der Waals surface area (Å²) in [5.41, 5.74) is 7.43. The predicted molar refractivity (Wildman–Crippen MR) is 107 cm³/mol. The molecule has 2 fully saturated rings. The van der Waals surface area contributed by atoms with Crippen LogP contribution in [-0.2, 0) is 9.53 Å². The highest BCUT2D eigenvalue weighted by Gasteiger charge is 2.35. The second-order valence-corrected chi connectivity index (χ2v) is 8.04. The molecule has 0 unspecified atom stereocenters. The Kier molecular flexibility index (Phi) is 7.13. The Morgan fingerprint density at radius 2 is 1.85 bits per heavy atom. The van der Waals surface area contributed by atoms with E-state index in [2.05, 4.69) is 26.0 Å². The molecule has 5 nitrogen and oxygen atoms in total. The molecule has 0 aromatic heterocycles. The number of piperidine rings is 1. The lowest BCUT2D eigenvalue weighted by atomic mass is 9.83. The molecule has 0 radical (unpaired) electrons. The molecule has 2 aliphatic rings. The molecule has 150 valence electrons. The van der Waals surface area contributed by atoms with E-state index < -0.39 is 0 Å². The molecule has 5 heteroatoms. The number of nitrogens with zero attached hydrogens (tertiary/aromatic N) is 1. The van der Waals surface area contributed by atoms with Crippen molar-refractivity contribution < 1.29 is 14.3 Å². The smallest absolute Gasteiger partial charge is 0.225 e. The van der Waals surface area contributed by atoms with E-state index >= 15 is 0 Å². The maximum atomic E-state index is 13.0. The molecule has 1 aromatic carbocycles. The van der Waals surface area contributed by atoms with Crippen molar-refractivity contribution in [2.45, 2.75) is 70.6 Å². The van der Waals surface area contributed by atoms with Gasteiger partial charge in [0.2, 0.25) is 5.91 Å². The van der Waals surface area contributed by atoms with Crippen molar-refractivity contribution in [2.24, 2.45) is 11.7 Å². The van der Waals surface area contributed by atoms with E-state index in [9.17, 15) is 4.79 Å². The maximum Gasteiger partial charge on any atom is 0.225 e. The van der Waals surface area contributed by atoms with Crippen LogP contribution in [0.15, 0.2) is 24.3 Å². The van der Waals surface area contributed by atoms with Gasteiger partial charge < -0.3 is 20.1 Å². The van der Waals surface area contributed by atoms with E-state index in [-0.39, 0.29) is 30.1 Å². The molecule has 3 rings (SSSR count). The number of hydrogen-bond donors (Lipinski definition) is 1. The summed E-state index contributed by atoms with van der Waals surface area (Å²) in [6.45, 7) is 6.45. The van der Waals surface area contributed by atoms with Crippen LogP contribution in [0.2, 0.25) is 0 Å². The van der Waals surface area contributed by atoms with Gasteiger partial charge >= 0.3 is 0 Å². The Bertz CT molecular complexity index is 596. The van der Waals surface area contributed by atoms with Gasteiger partial charge in [0.25, 0.3) is 0 Å². The third-order valence-corrected chi connectivity index (χ3v) is 5.81. The number of amides is 1. The monoisotopic (exact) mass is 374 g/mol. The van der Waals surface area contributed by atoms with Gasteiger partial charge in [-0.1, -0.05) is 24.6 Å². The van der Waals surface area contributed by atoms with Crippen LogP contribution in [0, 0.1) is 12.8 Å². The van der Waals surface area contributed by atoms with E-state index in [0.29, 0.717) is 0 Å². The van der Waals surface area contributed by atoms with Crippen molar-refractivity contribution in [3.63, 3.8) is 0 Å². The van der Waals surface area contributed by atoms with Crippen LogP contribution in [0.5, 0.6) is 5.75 Å². The lowest BCUT2D eigenvalue weighted by Gasteiger charge is -2.38. The summed E-state index contributed by atoms with van der Waals surface area (Å²) in [7, 11) is 0. The van der Waals surface area contributed by atoms with Crippen LogP contribution < -0.4 is 10.5 Å². The molecule has 1 aliphatic heterocycles. The van der Waals surface area contributed by atoms with E-state index in [1.165, 1.54) is 5.56 Å². The Balaban J connectivity index is 1.47.